The molecule has 3 unspecified atom stereocenters. The second-order valence-electron chi connectivity index (χ2n) is 5.43. The molecule has 2 rings (SSSR count). The smallest absolute Gasteiger partial charge is 0.00928 e. The van der Waals surface area contributed by atoms with E-state index in [0.717, 1.165) is 23.8 Å². The van der Waals surface area contributed by atoms with Crippen LogP contribution in [0.15, 0.2) is 0 Å². The average molecular weight is 195 g/mol. The van der Waals surface area contributed by atoms with E-state index in [1.54, 1.807) is 0 Å². The van der Waals surface area contributed by atoms with E-state index in [0.29, 0.717) is 0 Å². The van der Waals surface area contributed by atoms with Gasteiger partial charge in [-0.25, -0.2) is 0 Å². The van der Waals surface area contributed by atoms with E-state index in [9.17, 15) is 0 Å². The van der Waals surface area contributed by atoms with Crippen LogP contribution in [0.1, 0.15) is 52.4 Å². The summed E-state index contributed by atoms with van der Waals surface area (Å²) in [7, 11) is 0. The fraction of sp³-hybridized carbons (Fsp3) is 1.00. The molecular formula is C13H25N. The lowest BCUT2D eigenvalue weighted by Gasteiger charge is -2.21. The summed E-state index contributed by atoms with van der Waals surface area (Å²) < 4.78 is 0. The molecule has 14 heavy (non-hydrogen) atoms. The van der Waals surface area contributed by atoms with Gasteiger partial charge in [-0.3, -0.25) is 0 Å². The molecule has 0 saturated heterocycles. The molecule has 0 bridgehead atoms. The summed E-state index contributed by atoms with van der Waals surface area (Å²) in [4.78, 5) is 0. The Labute approximate surface area is 88.7 Å². The first-order valence-electron chi connectivity index (χ1n) is 6.54. The highest BCUT2D eigenvalue weighted by molar-refractivity contribution is 4.87. The van der Waals surface area contributed by atoms with Gasteiger partial charge in [0.05, 0.1) is 0 Å². The van der Waals surface area contributed by atoms with Crippen LogP contribution in [0.5, 0.6) is 0 Å². The Morgan fingerprint density at radius 1 is 1.21 bits per heavy atom. The third-order valence-corrected chi connectivity index (χ3v) is 4.31. The van der Waals surface area contributed by atoms with Gasteiger partial charge < -0.3 is 5.32 Å². The molecule has 0 aromatic carbocycles. The second-order valence-corrected chi connectivity index (χ2v) is 5.43. The molecule has 0 aliphatic heterocycles. The van der Waals surface area contributed by atoms with Crippen molar-refractivity contribution in [3.63, 3.8) is 0 Å². The van der Waals surface area contributed by atoms with Crippen LogP contribution < -0.4 is 5.32 Å². The molecule has 0 radical (unpaired) electrons. The molecule has 2 aliphatic rings. The van der Waals surface area contributed by atoms with E-state index in [4.69, 9.17) is 0 Å². The zero-order valence-corrected chi connectivity index (χ0v) is 9.76. The Morgan fingerprint density at radius 2 is 2.00 bits per heavy atom. The molecule has 2 aliphatic carbocycles. The van der Waals surface area contributed by atoms with Crippen molar-refractivity contribution in [1.29, 1.82) is 0 Å². The summed E-state index contributed by atoms with van der Waals surface area (Å²) in [5, 5.41) is 3.80. The predicted octanol–water partition coefficient (Wildman–Crippen LogP) is 3.20. The molecule has 1 heteroatoms. The van der Waals surface area contributed by atoms with Crippen LogP contribution >= 0.6 is 0 Å². The zero-order valence-electron chi connectivity index (χ0n) is 9.76. The fourth-order valence-corrected chi connectivity index (χ4v) is 2.97. The number of hydrogen-bond acceptors (Lipinski definition) is 1. The van der Waals surface area contributed by atoms with Crippen LogP contribution in [0.2, 0.25) is 0 Å². The van der Waals surface area contributed by atoms with E-state index >= 15 is 0 Å². The minimum Gasteiger partial charge on any atom is -0.313 e. The van der Waals surface area contributed by atoms with Gasteiger partial charge in [0.2, 0.25) is 0 Å². The van der Waals surface area contributed by atoms with Crippen LogP contribution in [-0.4, -0.2) is 12.6 Å². The van der Waals surface area contributed by atoms with Gasteiger partial charge in [-0.15, -0.1) is 0 Å². The Hall–Kier alpha value is -0.0400. The highest BCUT2D eigenvalue weighted by Crippen LogP contribution is 2.35. The maximum atomic E-state index is 3.80. The molecule has 0 heterocycles. The van der Waals surface area contributed by atoms with Crippen molar-refractivity contribution < 1.29 is 0 Å². The normalized spacial score (nSPS) is 34.7. The van der Waals surface area contributed by atoms with Crippen molar-refractivity contribution >= 4 is 0 Å². The minimum absolute atomic E-state index is 0.836. The summed E-state index contributed by atoms with van der Waals surface area (Å²) in [6.07, 6.45) is 8.68. The lowest BCUT2D eigenvalue weighted by Crippen LogP contribution is -2.35. The van der Waals surface area contributed by atoms with E-state index in [2.05, 4.69) is 19.2 Å². The van der Waals surface area contributed by atoms with Gasteiger partial charge in [0, 0.05) is 6.04 Å². The van der Waals surface area contributed by atoms with Gasteiger partial charge in [-0.2, -0.15) is 0 Å². The zero-order chi connectivity index (χ0) is 9.97. The Bertz CT molecular complexity index is 172. The van der Waals surface area contributed by atoms with Crippen molar-refractivity contribution in [3.8, 4) is 0 Å². The highest BCUT2D eigenvalue weighted by atomic mass is 14.9. The van der Waals surface area contributed by atoms with Crippen LogP contribution in [0.3, 0.4) is 0 Å². The summed E-state index contributed by atoms with van der Waals surface area (Å²) in [6.45, 7) is 6.04. The van der Waals surface area contributed by atoms with Crippen LogP contribution in [0, 0.1) is 17.8 Å². The van der Waals surface area contributed by atoms with Gasteiger partial charge in [0.15, 0.2) is 0 Å². The summed E-state index contributed by atoms with van der Waals surface area (Å²) >= 11 is 0. The maximum absolute atomic E-state index is 3.80. The third kappa shape index (κ3) is 2.50. The number of hydrogen-bond donors (Lipinski definition) is 1. The first-order chi connectivity index (χ1) is 6.81. The molecule has 1 nitrogen and oxygen atoms in total. The molecule has 3 atom stereocenters. The van der Waals surface area contributed by atoms with Gasteiger partial charge >= 0.3 is 0 Å². The van der Waals surface area contributed by atoms with Crippen LogP contribution in [0.4, 0.5) is 0 Å². The van der Waals surface area contributed by atoms with Gasteiger partial charge in [-0.1, -0.05) is 26.7 Å². The molecule has 0 spiro atoms. The van der Waals surface area contributed by atoms with Crippen molar-refractivity contribution in [1.82, 2.24) is 5.32 Å². The summed E-state index contributed by atoms with van der Waals surface area (Å²) in [6, 6.07) is 0.836. The molecule has 0 aromatic rings. The van der Waals surface area contributed by atoms with Crippen molar-refractivity contribution in [3.05, 3.63) is 0 Å². The molecule has 2 fully saturated rings. The Kier molecular flexibility index (Phi) is 3.48. The summed E-state index contributed by atoms with van der Waals surface area (Å²) in [5.41, 5.74) is 0. The minimum atomic E-state index is 0.836. The van der Waals surface area contributed by atoms with Gasteiger partial charge in [0.1, 0.15) is 0 Å². The molecule has 0 amide bonds. The fourth-order valence-electron chi connectivity index (χ4n) is 2.97. The van der Waals surface area contributed by atoms with E-state index in [-0.39, 0.29) is 0 Å². The molecule has 82 valence electrons. The molecule has 1 N–H and O–H groups in total. The third-order valence-electron chi connectivity index (χ3n) is 4.31. The quantitative estimate of drug-likeness (QED) is 0.710. The van der Waals surface area contributed by atoms with E-state index in [1.807, 2.05) is 0 Å². The van der Waals surface area contributed by atoms with E-state index in [1.165, 1.54) is 45.1 Å². The first-order valence-corrected chi connectivity index (χ1v) is 6.54. The number of rotatable bonds is 5. The average Bonchev–Trinajstić information content (AvgIpc) is 2.93. The second kappa shape index (κ2) is 4.65. The Morgan fingerprint density at radius 3 is 2.50 bits per heavy atom. The topological polar surface area (TPSA) is 12.0 Å². The monoisotopic (exact) mass is 195 g/mol. The van der Waals surface area contributed by atoms with Crippen molar-refractivity contribution in [2.45, 2.75) is 58.4 Å². The van der Waals surface area contributed by atoms with Crippen LogP contribution in [-0.2, 0) is 0 Å². The lowest BCUT2D eigenvalue weighted by atomic mass is 9.97. The molecular weight excluding hydrogens is 170 g/mol. The Balaban J connectivity index is 1.69. The van der Waals surface area contributed by atoms with Crippen molar-refractivity contribution in [2.24, 2.45) is 17.8 Å². The largest absolute Gasteiger partial charge is 0.313 e. The molecule has 2 saturated carbocycles. The van der Waals surface area contributed by atoms with Crippen molar-refractivity contribution in [2.75, 3.05) is 6.54 Å². The molecule has 0 aromatic heterocycles. The van der Waals surface area contributed by atoms with Crippen LogP contribution in [0.25, 0.3) is 0 Å². The standard InChI is InChI=1S/C13H25N/c1-3-13(11-7-8-11)14-9-12-6-4-5-10(12)2/h10-14H,3-9H2,1-2H3. The van der Waals surface area contributed by atoms with Gasteiger partial charge in [-0.05, 0) is 50.0 Å². The highest BCUT2D eigenvalue weighted by Gasteiger charge is 2.31. The summed E-state index contributed by atoms with van der Waals surface area (Å²) in [5.74, 6) is 2.97. The number of nitrogens with one attached hydrogen (secondary N) is 1. The predicted molar refractivity (Wildman–Crippen MR) is 61.3 cm³/mol. The maximum Gasteiger partial charge on any atom is 0.00928 e. The lowest BCUT2D eigenvalue weighted by molar-refractivity contribution is 0.348. The van der Waals surface area contributed by atoms with Gasteiger partial charge in [0.25, 0.3) is 0 Å². The SMILES string of the molecule is CCC(NCC1CCCC1C)C1CC1. The van der Waals surface area contributed by atoms with E-state index < -0.39 is 0 Å². The first kappa shape index (κ1) is 10.5.